The summed E-state index contributed by atoms with van der Waals surface area (Å²) in [5, 5.41) is 8.98. The third kappa shape index (κ3) is 3.87. The van der Waals surface area contributed by atoms with Gasteiger partial charge in [0.1, 0.15) is 11.8 Å². The molecule has 0 N–H and O–H groups in total. The molecule has 0 heterocycles. The highest BCUT2D eigenvalue weighted by atomic mass is 79.9. The highest BCUT2D eigenvalue weighted by Gasteiger charge is 2.33. The van der Waals surface area contributed by atoms with E-state index in [1.807, 2.05) is 0 Å². The smallest absolute Gasteiger partial charge is 0.462 e. The topological polar surface area (TPSA) is 59.3 Å². The first-order chi connectivity index (χ1) is 9.34. The molecule has 0 fully saturated rings. The zero-order chi connectivity index (χ0) is 15.3. The number of hydrogen-bond acceptors (Lipinski definition) is 4. The van der Waals surface area contributed by atoms with Crippen molar-refractivity contribution in [3.8, 4) is 11.8 Å². The standard InChI is InChI=1S/C12H9BrF3NO3/c1-2-19-11(18)7-3-4-10(20-12(14,15)16)8(5-13)9(7)6-17/h3-4H,2,5H2,1H3. The van der Waals surface area contributed by atoms with Gasteiger partial charge in [-0.2, -0.15) is 5.26 Å². The van der Waals surface area contributed by atoms with Crippen LogP contribution in [0, 0.1) is 11.3 Å². The molecule has 4 nitrogen and oxygen atoms in total. The van der Waals surface area contributed by atoms with Crippen LogP contribution in [0.15, 0.2) is 12.1 Å². The van der Waals surface area contributed by atoms with Crippen LogP contribution in [0.5, 0.6) is 5.75 Å². The molecule has 0 saturated heterocycles. The Balaban J connectivity index is 3.34. The van der Waals surface area contributed by atoms with Crippen molar-refractivity contribution in [2.45, 2.75) is 18.6 Å². The Bertz CT molecular complexity index is 552. The summed E-state index contributed by atoms with van der Waals surface area (Å²) in [6.07, 6.45) is -4.88. The van der Waals surface area contributed by atoms with Crippen molar-refractivity contribution in [3.63, 3.8) is 0 Å². The van der Waals surface area contributed by atoms with E-state index in [0.717, 1.165) is 12.1 Å². The number of rotatable bonds is 4. The summed E-state index contributed by atoms with van der Waals surface area (Å²) >= 11 is 2.98. The lowest BCUT2D eigenvalue weighted by Crippen LogP contribution is -2.19. The van der Waals surface area contributed by atoms with Crippen LogP contribution in [0.4, 0.5) is 13.2 Å². The second-order valence-corrected chi connectivity index (χ2v) is 4.04. The van der Waals surface area contributed by atoms with Gasteiger partial charge in [0.25, 0.3) is 0 Å². The predicted octanol–water partition coefficient (Wildman–Crippen LogP) is 3.53. The van der Waals surface area contributed by atoms with Gasteiger partial charge >= 0.3 is 12.3 Å². The molecule has 0 aliphatic rings. The number of carbonyl (C=O) groups excluding carboxylic acids is 1. The molecule has 0 aliphatic heterocycles. The van der Waals surface area contributed by atoms with Crippen molar-refractivity contribution in [2.75, 3.05) is 6.61 Å². The minimum absolute atomic E-state index is 0.0598. The summed E-state index contributed by atoms with van der Waals surface area (Å²) in [6.45, 7) is 1.67. The first-order valence-electron chi connectivity index (χ1n) is 5.38. The summed E-state index contributed by atoms with van der Waals surface area (Å²) in [4.78, 5) is 11.6. The number of ether oxygens (including phenoxy) is 2. The number of alkyl halides is 4. The summed E-state index contributed by atoms with van der Waals surface area (Å²) in [5.41, 5.74) is -0.365. The molecular weight excluding hydrogens is 343 g/mol. The van der Waals surface area contributed by atoms with Crippen LogP contribution >= 0.6 is 15.9 Å². The second-order valence-electron chi connectivity index (χ2n) is 3.48. The molecule has 1 aromatic rings. The third-order valence-corrected chi connectivity index (χ3v) is 2.80. The zero-order valence-electron chi connectivity index (χ0n) is 10.3. The van der Waals surface area contributed by atoms with Gasteiger partial charge in [-0.05, 0) is 19.1 Å². The quantitative estimate of drug-likeness (QED) is 0.615. The molecular formula is C12H9BrF3NO3. The van der Waals surface area contributed by atoms with E-state index in [9.17, 15) is 18.0 Å². The van der Waals surface area contributed by atoms with Crippen LogP contribution in [0.25, 0.3) is 0 Å². The maximum atomic E-state index is 12.3. The van der Waals surface area contributed by atoms with Crippen molar-refractivity contribution in [2.24, 2.45) is 0 Å². The molecule has 0 unspecified atom stereocenters. The summed E-state index contributed by atoms with van der Waals surface area (Å²) < 4.78 is 45.4. The monoisotopic (exact) mass is 351 g/mol. The van der Waals surface area contributed by atoms with Gasteiger partial charge in [0.05, 0.1) is 17.7 Å². The first kappa shape index (κ1) is 16.3. The Morgan fingerprint density at radius 1 is 1.45 bits per heavy atom. The van der Waals surface area contributed by atoms with Gasteiger partial charge in [-0.15, -0.1) is 13.2 Å². The Kier molecular flexibility index (Phi) is 5.39. The fraction of sp³-hybridized carbons (Fsp3) is 0.333. The number of hydrogen-bond donors (Lipinski definition) is 0. The number of halogens is 4. The van der Waals surface area contributed by atoms with Gasteiger partial charge in [-0.3, -0.25) is 0 Å². The molecule has 0 saturated carbocycles. The molecule has 0 spiro atoms. The highest BCUT2D eigenvalue weighted by molar-refractivity contribution is 9.08. The van der Waals surface area contributed by atoms with E-state index < -0.39 is 18.1 Å². The molecule has 0 radical (unpaired) electrons. The molecule has 1 rings (SSSR count). The van der Waals surface area contributed by atoms with E-state index in [-0.39, 0.29) is 28.6 Å². The van der Waals surface area contributed by atoms with E-state index in [1.54, 1.807) is 13.0 Å². The molecule has 108 valence electrons. The molecule has 0 atom stereocenters. The molecule has 0 bridgehead atoms. The Hall–Kier alpha value is -1.75. The third-order valence-electron chi connectivity index (χ3n) is 2.24. The number of nitrogens with zero attached hydrogens (tertiary/aromatic N) is 1. The van der Waals surface area contributed by atoms with Crippen molar-refractivity contribution in [1.29, 1.82) is 5.26 Å². The molecule has 1 aromatic carbocycles. The van der Waals surface area contributed by atoms with Crippen LogP contribution in [0.2, 0.25) is 0 Å². The van der Waals surface area contributed by atoms with Crippen LogP contribution in [0.1, 0.15) is 28.4 Å². The number of esters is 1. The minimum atomic E-state index is -4.88. The van der Waals surface area contributed by atoms with E-state index in [2.05, 4.69) is 20.7 Å². The molecule has 0 aliphatic carbocycles. The predicted molar refractivity (Wildman–Crippen MR) is 66.4 cm³/mol. The van der Waals surface area contributed by atoms with Gasteiger partial charge < -0.3 is 9.47 Å². The average Bonchev–Trinajstić information content (AvgIpc) is 2.36. The molecule has 0 amide bonds. The Labute approximate surface area is 121 Å². The maximum absolute atomic E-state index is 12.3. The van der Waals surface area contributed by atoms with E-state index >= 15 is 0 Å². The van der Waals surface area contributed by atoms with Gasteiger partial charge in [-0.25, -0.2) is 4.79 Å². The van der Waals surface area contributed by atoms with Gasteiger partial charge in [0, 0.05) is 10.9 Å². The van der Waals surface area contributed by atoms with Crippen molar-refractivity contribution in [1.82, 2.24) is 0 Å². The summed E-state index contributed by atoms with van der Waals surface area (Å²) in [5.74, 6) is -1.30. The average molecular weight is 352 g/mol. The van der Waals surface area contributed by atoms with Crippen molar-refractivity contribution in [3.05, 3.63) is 28.8 Å². The molecule has 0 aromatic heterocycles. The van der Waals surface area contributed by atoms with Crippen molar-refractivity contribution >= 4 is 21.9 Å². The van der Waals surface area contributed by atoms with E-state index in [1.165, 1.54) is 0 Å². The summed E-state index contributed by atoms with van der Waals surface area (Å²) in [7, 11) is 0. The Morgan fingerprint density at radius 3 is 2.55 bits per heavy atom. The number of carbonyl (C=O) groups is 1. The zero-order valence-corrected chi connectivity index (χ0v) is 11.8. The lowest BCUT2D eigenvalue weighted by molar-refractivity contribution is -0.274. The minimum Gasteiger partial charge on any atom is -0.462 e. The number of benzene rings is 1. The van der Waals surface area contributed by atoms with Crippen LogP contribution < -0.4 is 4.74 Å². The highest BCUT2D eigenvalue weighted by Crippen LogP contribution is 2.32. The first-order valence-corrected chi connectivity index (χ1v) is 6.51. The van der Waals surface area contributed by atoms with Gasteiger partial charge in [0.15, 0.2) is 0 Å². The van der Waals surface area contributed by atoms with Crippen LogP contribution in [-0.4, -0.2) is 18.9 Å². The lowest BCUT2D eigenvalue weighted by atomic mass is 10.0. The van der Waals surface area contributed by atoms with Gasteiger partial charge in [0.2, 0.25) is 0 Å². The van der Waals surface area contributed by atoms with Gasteiger partial charge in [-0.1, -0.05) is 15.9 Å². The largest absolute Gasteiger partial charge is 0.573 e. The number of nitriles is 1. The van der Waals surface area contributed by atoms with Crippen LogP contribution in [0.3, 0.4) is 0 Å². The van der Waals surface area contributed by atoms with Crippen molar-refractivity contribution < 1.29 is 27.4 Å². The maximum Gasteiger partial charge on any atom is 0.573 e. The molecule has 8 heteroatoms. The fourth-order valence-corrected chi connectivity index (χ4v) is 2.05. The normalized spacial score (nSPS) is 10.8. The Morgan fingerprint density at radius 2 is 2.10 bits per heavy atom. The second kappa shape index (κ2) is 6.61. The van der Waals surface area contributed by atoms with E-state index in [0.29, 0.717) is 0 Å². The van der Waals surface area contributed by atoms with Crippen LogP contribution in [-0.2, 0) is 10.1 Å². The SMILES string of the molecule is CCOC(=O)c1ccc(OC(F)(F)F)c(CBr)c1C#N. The molecule has 20 heavy (non-hydrogen) atoms. The van der Waals surface area contributed by atoms with E-state index in [4.69, 9.17) is 10.00 Å². The lowest BCUT2D eigenvalue weighted by Gasteiger charge is -2.14. The fourth-order valence-electron chi connectivity index (χ4n) is 1.49. The summed E-state index contributed by atoms with van der Waals surface area (Å²) in [6, 6.07) is 3.76.